The number of benzene rings is 3. The number of halogens is 1. The zero-order valence-corrected chi connectivity index (χ0v) is 26.0. The van der Waals surface area contributed by atoms with E-state index in [1.807, 2.05) is 6.07 Å². The number of carbonyl (C=O) groups is 2. The summed E-state index contributed by atoms with van der Waals surface area (Å²) in [4.78, 5) is 29.3. The molecular weight excluding hydrogens is 595 g/mol. The molecule has 1 fully saturated rings. The summed E-state index contributed by atoms with van der Waals surface area (Å²) in [6.45, 7) is 2.74. The van der Waals surface area contributed by atoms with Gasteiger partial charge in [-0.3, -0.25) is 14.6 Å². The number of fused-ring (bicyclic) bond motifs is 1. The van der Waals surface area contributed by atoms with E-state index in [0.717, 1.165) is 37.6 Å². The predicted molar refractivity (Wildman–Crippen MR) is 171 cm³/mol. The normalized spacial score (nSPS) is 13.1. The largest absolute Gasteiger partial charge is 0.493 e. The number of piperidine rings is 1. The van der Waals surface area contributed by atoms with Gasteiger partial charge >= 0.3 is 11.8 Å². The molecule has 0 spiro atoms. The molecule has 11 nitrogen and oxygen atoms in total. The van der Waals surface area contributed by atoms with Crippen molar-refractivity contribution in [2.75, 3.05) is 52.9 Å². The van der Waals surface area contributed by atoms with Gasteiger partial charge in [0, 0.05) is 29.9 Å². The summed E-state index contributed by atoms with van der Waals surface area (Å²) >= 11 is 0. The van der Waals surface area contributed by atoms with Gasteiger partial charge in [0.15, 0.2) is 34.6 Å². The lowest BCUT2D eigenvalue weighted by Gasteiger charge is -2.23. The molecule has 0 unspecified atom stereocenters. The minimum Gasteiger partial charge on any atom is -0.493 e. The minimum absolute atomic E-state index is 0.0740. The highest BCUT2D eigenvalue weighted by Crippen LogP contribution is 2.40. The molecule has 0 bridgehead atoms. The summed E-state index contributed by atoms with van der Waals surface area (Å²) in [5.74, 6) is 0.450. The van der Waals surface area contributed by atoms with E-state index in [1.54, 1.807) is 50.7 Å². The second-order valence-electron chi connectivity index (χ2n) is 10.7. The lowest BCUT2D eigenvalue weighted by molar-refractivity contribution is -0.136. The molecule has 2 amide bonds. The Labute approximate surface area is 266 Å². The summed E-state index contributed by atoms with van der Waals surface area (Å²) < 4.78 is 43.3. The van der Waals surface area contributed by atoms with Crippen molar-refractivity contribution < 1.29 is 37.7 Å². The molecule has 1 saturated heterocycles. The van der Waals surface area contributed by atoms with Crippen LogP contribution in [0.2, 0.25) is 0 Å². The van der Waals surface area contributed by atoms with Gasteiger partial charge in [-0.1, -0.05) is 6.07 Å². The molecule has 2 heterocycles. The molecule has 1 aliphatic heterocycles. The van der Waals surface area contributed by atoms with Gasteiger partial charge in [0.25, 0.3) is 0 Å². The lowest BCUT2D eigenvalue weighted by atomic mass is 9.99. The summed E-state index contributed by atoms with van der Waals surface area (Å²) in [7, 11) is 4.63. The van der Waals surface area contributed by atoms with Crippen LogP contribution in [0.5, 0.6) is 34.5 Å². The van der Waals surface area contributed by atoms with E-state index in [2.05, 4.69) is 20.9 Å². The number of carbonyl (C=O) groups excluding carboxylic acids is 2. The zero-order chi connectivity index (χ0) is 32.5. The maximum atomic E-state index is 15.1. The summed E-state index contributed by atoms with van der Waals surface area (Å²) in [5, 5.41) is 8.93. The Morgan fingerprint density at radius 1 is 0.870 bits per heavy atom. The number of hydrogen-bond acceptors (Lipinski definition) is 9. The molecular formula is C34H37FN4O7. The van der Waals surface area contributed by atoms with E-state index < -0.39 is 17.6 Å². The smallest absolute Gasteiger partial charge is 0.313 e. The summed E-state index contributed by atoms with van der Waals surface area (Å²) in [6.07, 6.45) is 4.11. The van der Waals surface area contributed by atoms with Gasteiger partial charge in [0.05, 0.1) is 27.9 Å². The number of hydrogen-bond donors (Lipinski definition) is 3. The summed E-state index contributed by atoms with van der Waals surface area (Å²) in [5.41, 5.74) is 1.50. The maximum absolute atomic E-state index is 15.1. The number of nitrogens with zero attached hydrogens (tertiary/aromatic N) is 1. The molecule has 242 valence electrons. The number of amides is 2. The first-order valence-corrected chi connectivity index (χ1v) is 15.0. The molecule has 3 aromatic carbocycles. The molecule has 0 aliphatic carbocycles. The average molecular weight is 633 g/mol. The third-order valence-corrected chi connectivity index (χ3v) is 7.69. The molecule has 1 aromatic heterocycles. The molecule has 0 saturated carbocycles. The van der Waals surface area contributed by atoms with Crippen molar-refractivity contribution in [1.82, 2.24) is 15.6 Å². The van der Waals surface area contributed by atoms with E-state index >= 15 is 4.39 Å². The van der Waals surface area contributed by atoms with Gasteiger partial charge in [-0.15, -0.1) is 0 Å². The quantitative estimate of drug-likeness (QED) is 0.188. The molecule has 46 heavy (non-hydrogen) atoms. The first-order chi connectivity index (χ1) is 22.4. The van der Waals surface area contributed by atoms with Crippen LogP contribution < -0.4 is 39.6 Å². The Morgan fingerprint density at radius 3 is 2.37 bits per heavy atom. The third kappa shape index (κ3) is 7.75. The molecule has 0 atom stereocenters. The Hall–Kier alpha value is -5.10. The standard InChI is InChI=1S/C34H37FN4O7/c1-42-28-7-4-21(18-30(28)43-2)12-16-38-33(40)34(41)39-23-5-8-27(25(35)19-23)46-26-13-17-37-31-24(26)6-9-29(32(31)44-3)45-20-22-10-14-36-15-11-22/h4-9,13,17-19,22,36H,10-12,14-16,20H2,1-3H3,(H,38,40)(H,39,41). The van der Waals surface area contributed by atoms with Crippen LogP contribution in [0, 0.1) is 11.7 Å². The summed E-state index contributed by atoms with van der Waals surface area (Å²) in [6, 6.07) is 14.5. The van der Waals surface area contributed by atoms with E-state index in [1.165, 1.54) is 19.2 Å². The second kappa shape index (κ2) is 15.3. The monoisotopic (exact) mass is 632 g/mol. The van der Waals surface area contributed by atoms with Crippen molar-refractivity contribution >= 4 is 28.4 Å². The van der Waals surface area contributed by atoms with Crippen LogP contribution in [0.15, 0.2) is 60.8 Å². The van der Waals surface area contributed by atoms with Gasteiger partial charge in [-0.25, -0.2) is 4.39 Å². The molecule has 12 heteroatoms. The van der Waals surface area contributed by atoms with Gasteiger partial charge in [0.2, 0.25) is 0 Å². The fourth-order valence-electron chi connectivity index (χ4n) is 5.21. The van der Waals surface area contributed by atoms with Crippen molar-refractivity contribution in [2.24, 2.45) is 5.92 Å². The molecule has 0 radical (unpaired) electrons. The fourth-order valence-corrected chi connectivity index (χ4v) is 5.21. The first kappa shape index (κ1) is 32.3. The minimum atomic E-state index is -0.925. The third-order valence-electron chi connectivity index (χ3n) is 7.69. The van der Waals surface area contributed by atoms with Gasteiger partial charge < -0.3 is 39.6 Å². The maximum Gasteiger partial charge on any atom is 0.313 e. The zero-order valence-electron chi connectivity index (χ0n) is 26.0. The Balaban J connectivity index is 1.19. The number of anilines is 1. The Morgan fingerprint density at radius 2 is 1.63 bits per heavy atom. The van der Waals surface area contributed by atoms with Gasteiger partial charge in [-0.2, -0.15) is 0 Å². The SMILES string of the molecule is COc1ccc(CCNC(=O)C(=O)Nc2ccc(Oc3ccnc4c(OC)c(OCC5CCNCC5)ccc34)c(F)c2)cc1OC. The van der Waals surface area contributed by atoms with E-state index in [9.17, 15) is 9.59 Å². The van der Waals surface area contributed by atoms with E-state index in [4.69, 9.17) is 23.7 Å². The number of pyridine rings is 1. The van der Waals surface area contributed by atoms with Crippen molar-refractivity contribution in [3.63, 3.8) is 0 Å². The number of aromatic nitrogens is 1. The Kier molecular flexibility index (Phi) is 10.7. The van der Waals surface area contributed by atoms with Crippen molar-refractivity contribution in [3.8, 4) is 34.5 Å². The number of rotatable bonds is 12. The fraction of sp³-hybridized carbons (Fsp3) is 0.324. The number of methoxy groups -OCH3 is 3. The van der Waals surface area contributed by atoms with E-state index in [-0.39, 0.29) is 18.0 Å². The first-order valence-electron chi connectivity index (χ1n) is 15.0. The predicted octanol–water partition coefficient (Wildman–Crippen LogP) is 4.87. The highest BCUT2D eigenvalue weighted by Gasteiger charge is 2.19. The van der Waals surface area contributed by atoms with Crippen LogP contribution in [0.1, 0.15) is 18.4 Å². The highest BCUT2D eigenvalue weighted by molar-refractivity contribution is 6.39. The van der Waals surface area contributed by atoms with Crippen LogP contribution in [-0.2, 0) is 16.0 Å². The average Bonchev–Trinajstić information content (AvgIpc) is 3.08. The topological polar surface area (TPSA) is 129 Å². The second-order valence-corrected chi connectivity index (χ2v) is 10.7. The van der Waals surface area contributed by atoms with Crippen LogP contribution in [0.4, 0.5) is 10.1 Å². The molecule has 5 rings (SSSR count). The van der Waals surface area contributed by atoms with Crippen LogP contribution in [0.25, 0.3) is 10.9 Å². The number of ether oxygens (including phenoxy) is 5. The van der Waals surface area contributed by atoms with Crippen molar-refractivity contribution in [2.45, 2.75) is 19.3 Å². The van der Waals surface area contributed by atoms with Gasteiger partial charge in [-0.05, 0) is 86.3 Å². The van der Waals surface area contributed by atoms with Crippen molar-refractivity contribution in [3.05, 3.63) is 72.2 Å². The van der Waals surface area contributed by atoms with Crippen LogP contribution >= 0.6 is 0 Å². The molecule has 1 aliphatic rings. The van der Waals surface area contributed by atoms with Crippen molar-refractivity contribution in [1.29, 1.82) is 0 Å². The van der Waals surface area contributed by atoms with Crippen LogP contribution in [-0.4, -0.2) is 64.4 Å². The highest BCUT2D eigenvalue weighted by atomic mass is 19.1. The van der Waals surface area contributed by atoms with E-state index in [0.29, 0.717) is 58.6 Å². The van der Waals surface area contributed by atoms with Crippen LogP contribution in [0.3, 0.4) is 0 Å². The number of nitrogens with one attached hydrogen (secondary N) is 3. The Bertz CT molecular complexity index is 1690. The lowest BCUT2D eigenvalue weighted by Crippen LogP contribution is -2.36. The molecule has 3 N–H and O–H groups in total. The van der Waals surface area contributed by atoms with Gasteiger partial charge in [0.1, 0.15) is 11.3 Å². The molecule has 4 aromatic rings.